The van der Waals surface area contributed by atoms with Gasteiger partial charge in [0.05, 0.1) is 31.2 Å². The summed E-state index contributed by atoms with van der Waals surface area (Å²) in [5.74, 6) is -0.301. The van der Waals surface area contributed by atoms with E-state index in [-0.39, 0.29) is 33.9 Å². The number of nitrogens with one attached hydrogen (secondary N) is 2. The second-order valence-electron chi connectivity index (χ2n) is 7.26. The zero-order valence-corrected chi connectivity index (χ0v) is 18.3. The molecule has 0 atom stereocenters. The lowest BCUT2D eigenvalue weighted by molar-refractivity contribution is -0.140. The van der Waals surface area contributed by atoms with Crippen molar-refractivity contribution in [2.75, 3.05) is 19.5 Å². The van der Waals surface area contributed by atoms with Crippen LogP contribution in [-0.4, -0.2) is 34.7 Å². The molecular weight excluding hydrogens is 453 g/mol. The number of aromatic nitrogens is 3. The Balaban J connectivity index is 1.89. The van der Waals surface area contributed by atoms with Gasteiger partial charge >= 0.3 is 6.18 Å². The highest BCUT2D eigenvalue weighted by molar-refractivity contribution is 6.06. The molecule has 2 aromatic carbocycles. The zero-order chi connectivity index (χ0) is 24.6. The Kier molecular flexibility index (Phi) is 5.78. The largest absolute Gasteiger partial charge is 0.493 e. The third-order valence-corrected chi connectivity index (χ3v) is 5.19. The van der Waals surface area contributed by atoms with Crippen LogP contribution < -0.4 is 20.3 Å². The van der Waals surface area contributed by atoms with Gasteiger partial charge in [0.2, 0.25) is 0 Å². The summed E-state index contributed by atoms with van der Waals surface area (Å²) in [5, 5.41) is 4.64. The molecule has 0 saturated carbocycles. The average molecular weight is 472 g/mol. The molecule has 34 heavy (non-hydrogen) atoms. The lowest BCUT2D eigenvalue weighted by Crippen LogP contribution is -2.29. The average Bonchev–Trinajstić information content (AvgIpc) is 3.19. The predicted molar refractivity (Wildman–Crippen MR) is 118 cm³/mol. The van der Waals surface area contributed by atoms with E-state index in [1.807, 2.05) is 0 Å². The summed E-state index contributed by atoms with van der Waals surface area (Å²) in [7, 11) is 2.80. The van der Waals surface area contributed by atoms with Crippen molar-refractivity contribution >= 4 is 17.2 Å². The van der Waals surface area contributed by atoms with Gasteiger partial charge in [0.25, 0.3) is 11.5 Å². The number of para-hydroxylation sites is 1. The number of amides is 1. The number of benzene rings is 2. The normalized spacial score (nSPS) is 11.5. The lowest BCUT2D eigenvalue weighted by atomic mass is 10.1. The number of hydrogen-bond acceptors (Lipinski definition) is 5. The Bertz CT molecular complexity index is 1440. The van der Waals surface area contributed by atoms with E-state index in [0.717, 1.165) is 0 Å². The van der Waals surface area contributed by atoms with Gasteiger partial charge in [0, 0.05) is 0 Å². The van der Waals surface area contributed by atoms with Crippen LogP contribution in [-0.2, 0) is 6.18 Å². The molecule has 0 saturated heterocycles. The van der Waals surface area contributed by atoms with E-state index in [1.165, 1.54) is 39.3 Å². The van der Waals surface area contributed by atoms with Crippen LogP contribution >= 0.6 is 0 Å². The maximum atomic E-state index is 13.8. The first-order chi connectivity index (χ1) is 16.2. The molecule has 2 aromatic heterocycles. The van der Waals surface area contributed by atoms with E-state index in [2.05, 4.69) is 15.4 Å². The Morgan fingerprint density at radius 1 is 1.06 bits per heavy atom. The van der Waals surface area contributed by atoms with Crippen molar-refractivity contribution in [1.29, 1.82) is 0 Å². The van der Waals surface area contributed by atoms with E-state index in [1.54, 1.807) is 30.3 Å². The van der Waals surface area contributed by atoms with Crippen molar-refractivity contribution in [3.05, 3.63) is 75.8 Å². The number of H-pyrrole nitrogens is 1. The quantitative estimate of drug-likeness (QED) is 0.452. The summed E-state index contributed by atoms with van der Waals surface area (Å²) in [6.45, 7) is 1.38. The number of anilines is 1. The molecular formula is C23H19F3N4O4. The second-order valence-corrected chi connectivity index (χ2v) is 7.26. The van der Waals surface area contributed by atoms with E-state index in [4.69, 9.17) is 9.47 Å². The van der Waals surface area contributed by atoms with Crippen LogP contribution in [0, 0.1) is 6.92 Å². The number of fused-ring (bicyclic) bond motifs is 1. The first-order valence-electron chi connectivity index (χ1n) is 9.97. The van der Waals surface area contributed by atoms with Crippen molar-refractivity contribution in [2.24, 2.45) is 0 Å². The minimum absolute atomic E-state index is 0.0331. The van der Waals surface area contributed by atoms with Crippen molar-refractivity contribution in [2.45, 2.75) is 13.1 Å². The molecule has 0 aliphatic heterocycles. The molecule has 176 valence electrons. The van der Waals surface area contributed by atoms with Gasteiger partial charge in [-0.15, -0.1) is 0 Å². The van der Waals surface area contributed by atoms with Gasteiger partial charge in [-0.3, -0.25) is 14.7 Å². The Labute approximate surface area is 190 Å². The number of aryl methyl sites for hydroxylation is 1. The number of methoxy groups -OCH3 is 2. The van der Waals surface area contributed by atoms with Gasteiger partial charge < -0.3 is 14.8 Å². The van der Waals surface area contributed by atoms with E-state index in [0.29, 0.717) is 10.3 Å². The summed E-state index contributed by atoms with van der Waals surface area (Å²) in [6.07, 6.45) is -4.80. The highest BCUT2D eigenvalue weighted by Gasteiger charge is 2.38. The fraction of sp³-hybridized carbons (Fsp3) is 0.174. The maximum Gasteiger partial charge on any atom is 0.433 e. The molecule has 0 aliphatic rings. The van der Waals surface area contributed by atoms with E-state index in [9.17, 15) is 22.8 Å². The molecule has 0 unspecified atom stereocenters. The Morgan fingerprint density at radius 2 is 1.76 bits per heavy atom. The van der Waals surface area contributed by atoms with Crippen LogP contribution in [0.1, 0.15) is 21.7 Å². The Morgan fingerprint density at radius 3 is 2.38 bits per heavy atom. The summed E-state index contributed by atoms with van der Waals surface area (Å²) in [4.78, 5) is 30.4. The number of halogens is 3. The molecule has 2 N–H and O–H groups in total. The number of nitrogens with zero attached hydrogens (tertiary/aromatic N) is 2. The third kappa shape index (κ3) is 3.85. The fourth-order valence-electron chi connectivity index (χ4n) is 3.69. The first-order valence-corrected chi connectivity index (χ1v) is 9.97. The topological polar surface area (TPSA) is 97.7 Å². The van der Waals surface area contributed by atoms with Gasteiger partial charge in [-0.2, -0.15) is 17.7 Å². The molecule has 0 bridgehead atoms. The number of carbonyl (C=O) groups is 1. The first kappa shape index (κ1) is 22.9. The minimum Gasteiger partial charge on any atom is -0.493 e. The van der Waals surface area contributed by atoms with Crippen molar-refractivity contribution in [3.63, 3.8) is 0 Å². The van der Waals surface area contributed by atoms with Gasteiger partial charge in [0.15, 0.2) is 17.1 Å². The summed E-state index contributed by atoms with van der Waals surface area (Å²) in [6, 6.07) is 12.5. The molecule has 4 rings (SSSR count). The van der Waals surface area contributed by atoms with Crippen LogP contribution in [0.4, 0.5) is 18.9 Å². The van der Waals surface area contributed by atoms with Gasteiger partial charge in [-0.25, -0.2) is 4.98 Å². The number of alkyl halides is 3. The van der Waals surface area contributed by atoms with Gasteiger partial charge in [-0.1, -0.05) is 36.4 Å². The number of hydrogen-bond donors (Lipinski definition) is 2. The monoisotopic (exact) mass is 472 g/mol. The standard InChI is InChI=1S/C23H19F3N4O4/c1-12-16(21(31)28-14-10-7-11-15(33-2)18(14)34-3)22(32)30-20(27-12)17(13-8-5-4-6-9-13)19(29-30)23(24,25)26/h4-11,29H,1-3H3,(H,28,31). The van der Waals surface area contributed by atoms with Crippen molar-refractivity contribution in [1.82, 2.24) is 14.6 Å². The molecule has 1 amide bonds. The SMILES string of the molecule is COc1cccc(NC(=O)c2c(C)nc3c(-c4ccccc4)c(C(F)(F)F)[nH]n3c2=O)c1OC. The van der Waals surface area contributed by atoms with Gasteiger partial charge in [-0.05, 0) is 24.6 Å². The summed E-state index contributed by atoms with van der Waals surface area (Å²) in [5.41, 5.74) is -2.66. The third-order valence-electron chi connectivity index (χ3n) is 5.19. The van der Waals surface area contributed by atoms with E-state index < -0.39 is 28.9 Å². The molecule has 4 aromatic rings. The van der Waals surface area contributed by atoms with Crippen LogP contribution in [0.5, 0.6) is 11.5 Å². The van der Waals surface area contributed by atoms with Crippen LogP contribution in [0.3, 0.4) is 0 Å². The number of rotatable bonds is 5. The highest BCUT2D eigenvalue weighted by atomic mass is 19.4. The molecule has 11 heteroatoms. The fourth-order valence-corrected chi connectivity index (χ4v) is 3.69. The smallest absolute Gasteiger partial charge is 0.433 e. The Hall–Kier alpha value is -4.28. The summed E-state index contributed by atoms with van der Waals surface area (Å²) >= 11 is 0. The maximum absolute atomic E-state index is 13.8. The molecule has 8 nitrogen and oxygen atoms in total. The molecule has 0 aliphatic carbocycles. The van der Waals surface area contributed by atoms with Crippen LogP contribution in [0.15, 0.2) is 53.3 Å². The highest BCUT2D eigenvalue weighted by Crippen LogP contribution is 2.38. The van der Waals surface area contributed by atoms with Crippen molar-refractivity contribution in [3.8, 4) is 22.6 Å². The van der Waals surface area contributed by atoms with Crippen LogP contribution in [0.25, 0.3) is 16.8 Å². The summed E-state index contributed by atoms with van der Waals surface area (Å²) < 4.78 is 52.6. The van der Waals surface area contributed by atoms with Crippen LogP contribution in [0.2, 0.25) is 0 Å². The predicted octanol–water partition coefficient (Wildman–Crippen LogP) is 4.29. The number of ether oxygens (including phenoxy) is 2. The molecule has 0 fully saturated rings. The second kappa shape index (κ2) is 8.58. The zero-order valence-electron chi connectivity index (χ0n) is 18.3. The lowest BCUT2D eigenvalue weighted by Gasteiger charge is -2.13. The molecule has 2 heterocycles. The van der Waals surface area contributed by atoms with Crippen molar-refractivity contribution < 1.29 is 27.4 Å². The molecule has 0 radical (unpaired) electrons. The van der Waals surface area contributed by atoms with Gasteiger partial charge in [0.1, 0.15) is 11.3 Å². The molecule has 0 spiro atoms. The number of carbonyl (C=O) groups excluding carboxylic acids is 1. The van der Waals surface area contributed by atoms with E-state index >= 15 is 0 Å². The minimum atomic E-state index is -4.80. The number of aromatic amines is 1.